The molecule has 0 heterocycles. The summed E-state index contributed by atoms with van der Waals surface area (Å²) in [6.45, 7) is 0.622. The van der Waals surface area contributed by atoms with E-state index < -0.39 is 10.0 Å². The van der Waals surface area contributed by atoms with Crippen LogP contribution < -0.4 is 4.72 Å². The monoisotopic (exact) mass is 337 g/mol. The molecule has 18 heavy (non-hydrogen) atoms. The lowest BCUT2D eigenvalue weighted by molar-refractivity contribution is 0.227. The van der Waals surface area contributed by atoms with Crippen molar-refractivity contribution in [2.75, 3.05) is 11.9 Å². The van der Waals surface area contributed by atoms with Gasteiger partial charge in [-0.2, -0.15) is 0 Å². The highest BCUT2D eigenvalue weighted by molar-refractivity contribution is 9.09. The molecule has 2 fully saturated rings. The molecule has 3 nitrogen and oxygen atoms in total. The van der Waals surface area contributed by atoms with Crippen LogP contribution in [0.5, 0.6) is 0 Å². The van der Waals surface area contributed by atoms with Crippen molar-refractivity contribution in [3.8, 4) is 0 Å². The summed E-state index contributed by atoms with van der Waals surface area (Å²) in [5, 5.41) is 0.779. The van der Waals surface area contributed by atoms with Crippen molar-refractivity contribution in [3.05, 3.63) is 0 Å². The van der Waals surface area contributed by atoms with Gasteiger partial charge in [0.1, 0.15) is 0 Å². The first-order valence-corrected chi connectivity index (χ1v) is 9.79. The summed E-state index contributed by atoms with van der Waals surface area (Å²) < 4.78 is 27.3. The van der Waals surface area contributed by atoms with Gasteiger partial charge in [0.25, 0.3) is 0 Å². The summed E-state index contributed by atoms with van der Waals surface area (Å²) in [5.41, 5.74) is 0.157. The summed E-state index contributed by atoms with van der Waals surface area (Å²) in [5.74, 6) is 0. The van der Waals surface area contributed by atoms with Crippen LogP contribution in [0.2, 0.25) is 0 Å². The minimum atomic E-state index is -3.08. The first-order valence-electron chi connectivity index (χ1n) is 7.12. The molecular formula is C13H24BrNO2S. The van der Waals surface area contributed by atoms with E-state index in [0.29, 0.717) is 6.54 Å². The van der Waals surface area contributed by atoms with E-state index in [2.05, 4.69) is 20.7 Å². The fraction of sp³-hybridized carbons (Fsp3) is 1.00. The number of alkyl halides is 1. The molecule has 0 radical (unpaired) electrons. The van der Waals surface area contributed by atoms with Crippen LogP contribution in [-0.4, -0.2) is 25.5 Å². The van der Waals surface area contributed by atoms with Gasteiger partial charge in [-0.1, -0.05) is 48.0 Å². The van der Waals surface area contributed by atoms with Crippen molar-refractivity contribution < 1.29 is 8.42 Å². The molecule has 0 unspecified atom stereocenters. The van der Waals surface area contributed by atoms with E-state index in [1.807, 2.05) is 0 Å². The van der Waals surface area contributed by atoms with Crippen molar-refractivity contribution in [2.45, 2.75) is 63.0 Å². The summed E-state index contributed by atoms with van der Waals surface area (Å²) in [7, 11) is -3.08. The molecule has 0 amide bonds. The molecule has 2 aliphatic carbocycles. The van der Waals surface area contributed by atoms with Crippen LogP contribution in [0.1, 0.15) is 57.8 Å². The molecule has 0 aromatic heterocycles. The molecule has 2 rings (SSSR count). The standard InChI is InChI=1S/C13H24BrNO2S/c14-10-13(8-4-1-5-9-13)11-15-18(16,17)12-6-2-3-7-12/h12,15H,1-11H2. The van der Waals surface area contributed by atoms with Gasteiger partial charge in [0.15, 0.2) is 0 Å². The van der Waals surface area contributed by atoms with Crippen molar-refractivity contribution in [1.29, 1.82) is 0 Å². The lowest BCUT2D eigenvalue weighted by atomic mass is 9.76. The van der Waals surface area contributed by atoms with Gasteiger partial charge in [-0.3, -0.25) is 0 Å². The summed E-state index contributed by atoms with van der Waals surface area (Å²) in [4.78, 5) is 0. The summed E-state index contributed by atoms with van der Waals surface area (Å²) in [6, 6.07) is 0. The highest BCUT2D eigenvalue weighted by atomic mass is 79.9. The minimum Gasteiger partial charge on any atom is -0.214 e. The van der Waals surface area contributed by atoms with E-state index in [1.165, 1.54) is 19.3 Å². The zero-order valence-corrected chi connectivity index (χ0v) is 13.4. The number of rotatable bonds is 5. The van der Waals surface area contributed by atoms with Gasteiger partial charge in [-0.25, -0.2) is 13.1 Å². The van der Waals surface area contributed by atoms with Crippen LogP contribution in [0.25, 0.3) is 0 Å². The molecule has 0 aromatic carbocycles. The molecule has 0 spiro atoms. The lowest BCUT2D eigenvalue weighted by Crippen LogP contribution is -2.43. The van der Waals surface area contributed by atoms with Crippen molar-refractivity contribution in [2.24, 2.45) is 5.41 Å². The van der Waals surface area contributed by atoms with Gasteiger partial charge >= 0.3 is 0 Å². The van der Waals surface area contributed by atoms with Crippen LogP contribution >= 0.6 is 15.9 Å². The largest absolute Gasteiger partial charge is 0.214 e. The fourth-order valence-corrected chi connectivity index (χ4v) is 5.69. The average molecular weight is 338 g/mol. The van der Waals surface area contributed by atoms with Gasteiger partial charge in [0.05, 0.1) is 5.25 Å². The highest BCUT2D eigenvalue weighted by Crippen LogP contribution is 2.37. The number of sulfonamides is 1. The second kappa shape index (κ2) is 6.23. The Morgan fingerprint density at radius 1 is 1.06 bits per heavy atom. The molecule has 0 bridgehead atoms. The highest BCUT2D eigenvalue weighted by Gasteiger charge is 2.34. The third-order valence-electron chi connectivity index (χ3n) is 4.59. The van der Waals surface area contributed by atoms with Crippen molar-refractivity contribution in [1.82, 2.24) is 4.72 Å². The van der Waals surface area contributed by atoms with E-state index in [0.717, 1.165) is 43.9 Å². The Balaban J connectivity index is 1.92. The van der Waals surface area contributed by atoms with Crippen LogP contribution in [0.4, 0.5) is 0 Å². The van der Waals surface area contributed by atoms with Crippen molar-refractivity contribution in [3.63, 3.8) is 0 Å². The maximum absolute atomic E-state index is 12.2. The average Bonchev–Trinajstić information content (AvgIpc) is 2.92. The van der Waals surface area contributed by atoms with Gasteiger partial charge in [0.2, 0.25) is 10.0 Å². The number of hydrogen-bond donors (Lipinski definition) is 1. The maximum atomic E-state index is 12.2. The Morgan fingerprint density at radius 3 is 2.22 bits per heavy atom. The van der Waals surface area contributed by atoms with E-state index >= 15 is 0 Å². The predicted molar refractivity (Wildman–Crippen MR) is 78.5 cm³/mol. The third-order valence-corrected chi connectivity index (χ3v) is 7.67. The quantitative estimate of drug-likeness (QED) is 0.783. The number of halogens is 1. The summed E-state index contributed by atoms with van der Waals surface area (Å²) >= 11 is 3.58. The van der Waals surface area contributed by atoms with Crippen molar-refractivity contribution >= 4 is 26.0 Å². The van der Waals surface area contributed by atoms with E-state index in [4.69, 9.17) is 0 Å². The summed E-state index contributed by atoms with van der Waals surface area (Å²) in [6.07, 6.45) is 9.87. The topological polar surface area (TPSA) is 46.2 Å². The molecule has 0 saturated heterocycles. The molecular weight excluding hydrogens is 314 g/mol. The molecule has 0 atom stereocenters. The van der Waals surface area contributed by atoms with E-state index in [1.54, 1.807) is 0 Å². The van der Waals surface area contributed by atoms with Crippen LogP contribution in [0.15, 0.2) is 0 Å². The number of hydrogen-bond acceptors (Lipinski definition) is 2. The molecule has 2 saturated carbocycles. The zero-order valence-electron chi connectivity index (χ0n) is 11.0. The van der Waals surface area contributed by atoms with Crippen LogP contribution in [-0.2, 0) is 10.0 Å². The molecule has 106 valence electrons. The second-order valence-electron chi connectivity index (χ2n) is 5.97. The lowest BCUT2D eigenvalue weighted by Gasteiger charge is -2.36. The smallest absolute Gasteiger partial charge is 0.214 e. The van der Waals surface area contributed by atoms with Gasteiger partial charge in [-0.15, -0.1) is 0 Å². The molecule has 0 aliphatic heterocycles. The maximum Gasteiger partial charge on any atom is 0.214 e. The molecule has 1 N–H and O–H groups in total. The van der Waals surface area contributed by atoms with Gasteiger partial charge in [-0.05, 0) is 31.1 Å². The fourth-order valence-electron chi connectivity index (χ4n) is 3.23. The number of nitrogens with one attached hydrogen (secondary N) is 1. The second-order valence-corrected chi connectivity index (χ2v) is 8.57. The molecule has 5 heteroatoms. The first-order chi connectivity index (χ1) is 8.58. The van der Waals surface area contributed by atoms with E-state index in [-0.39, 0.29) is 10.7 Å². The minimum absolute atomic E-state index is 0.131. The first kappa shape index (κ1) is 14.8. The van der Waals surface area contributed by atoms with Crippen LogP contribution in [0, 0.1) is 5.41 Å². The van der Waals surface area contributed by atoms with Crippen LogP contribution in [0.3, 0.4) is 0 Å². The Labute approximate surface area is 119 Å². The Hall–Kier alpha value is 0.390. The van der Waals surface area contributed by atoms with Gasteiger partial charge < -0.3 is 0 Å². The zero-order chi connectivity index (χ0) is 13.1. The molecule has 2 aliphatic rings. The van der Waals surface area contributed by atoms with E-state index in [9.17, 15) is 8.42 Å². The van der Waals surface area contributed by atoms with Gasteiger partial charge in [0, 0.05) is 11.9 Å². The normalized spacial score (nSPS) is 25.4. The Kier molecular flexibility index (Phi) is 5.12. The Bertz CT molecular complexity index is 357. The SMILES string of the molecule is O=S(=O)(NCC1(CBr)CCCCC1)C1CCCC1. The Morgan fingerprint density at radius 2 is 1.67 bits per heavy atom. The third kappa shape index (κ3) is 3.48. The molecule has 0 aromatic rings. The predicted octanol–water partition coefficient (Wildman–Crippen LogP) is 3.19.